The molecule has 6 nitrogen and oxygen atoms in total. The van der Waals surface area contributed by atoms with Gasteiger partial charge in [0.2, 0.25) is 0 Å². The zero-order chi connectivity index (χ0) is 17.0. The Labute approximate surface area is 141 Å². The van der Waals surface area contributed by atoms with Gasteiger partial charge in [-0.1, -0.05) is 24.3 Å². The van der Waals surface area contributed by atoms with Crippen LogP contribution in [0.15, 0.2) is 60.7 Å². The summed E-state index contributed by atoms with van der Waals surface area (Å²) < 4.78 is 11.2. The Morgan fingerprint density at radius 1 is 0.667 bits per heavy atom. The molecule has 0 heterocycles. The van der Waals surface area contributed by atoms with E-state index in [0.29, 0.717) is 26.3 Å². The lowest BCUT2D eigenvalue weighted by Crippen LogP contribution is -2.05. The molecule has 0 spiro atoms. The molecule has 0 aliphatic rings. The molecule has 4 N–H and O–H groups in total. The van der Waals surface area contributed by atoms with Gasteiger partial charge in [0, 0.05) is 13.1 Å². The van der Waals surface area contributed by atoms with Crippen molar-refractivity contribution in [1.82, 2.24) is 11.0 Å². The van der Waals surface area contributed by atoms with E-state index in [1.807, 2.05) is 60.7 Å². The van der Waals surface area contributed by atoms with Gasteiger partial charge in [0.05, 0.1) is 0 Å². The molecule has 2 aromatic carbocycles. The van der Waals surface area contributed by atoms with Gasteiger partial charge in [-0.3, -0.25) is 0 Å². The lowest BCUT2D eigenvalue weighted by molar-refractivity contribution is 0.161. The average Bonchev–Trinajstić information content (AvgIpc) is 2.61. The SMILES string of the molecule is ONCc1ccc(OC/C=C\COc2ccc(CNO)cc2)cc1. The van der Waals surface area contributed by atoms with Crippen LogP contribution in [0.1, 0.15) is 11.1 Å². The minimum Gasteiger partial charge on any atom is -0.490 e. The molecule has 0 amide bonds. The molecule has 0 saturated carbocycles. The molecular formula is C18H22N2O4. The third-order valence-corrected chi connectivity index (χ3v) is 3.27. The Balaban J connectivity index is 1.65. The fourth-order valence-corrected chi connectivity index (χ4v) is 2.01. The second kappa shape index (κ2) is 10.4. The van der Waals surface area contributed by atoms with Crippen molar-refractivity contribution < 1.29 is 19.9 Å². The molecule has 2 rings (SSSR count). The Kier molecular flexibility index (Phi) is 7.79. The quantitative estimate of drug-likeness (QED) is 0.396. The number of nitrogens with one attached hydrogen (secondary N) is 2. The Morgan fingerprint density at radius 2 is 1.04 bits per heavy atom. The second-order valence-electron chi connectivity index (χ2n) is 5.05. The summed E-state index contributed by atoms with van der Waals surface area (Å²) in [5, 5.41) is 17.2. The van der Waals surface area contributed by atoms with E-state index in [1.165, 1.54) is 0 Å². The first-order chi connectivity index (χ1) is 11.8. The lowest BCUT2D eigenvalue weighted by atomic mass is 10.2. The molecule has 0 unspecified atom stereocenters. The summed E-state index contributed by atoms with van der Waals surface area (Å²) >= 11 is 0. The van der Waals surface area contributed by atoms with Crippen molar-refractivity contribution in [3.63, 3.8) is 0 Å². The minimum absolute atomic E-state index is 0.412. The van der Waals surface area contributed by atoms with Crippen LogP contribution in [0.25, 0.3) is 0 Å². The summed E-state index contributed by atoms with van der Waals surface area (Å²) in [5.74, 6) is 1.55. The highest BCUT2D eigenvalue weighted by Gasteiger charge is 1.95. The summed E-state index contributed by atoms with van der Waals surface area (Å²) in [4.78, 5) is 0. The van der Waals surface area contributed by atoms with Gasteiger partial charge in [-0.05, 0) is 47.5 Å². The molecule has 24 heavy (non-hydrogen) atoms. The van der Waals surface area contributed by atoms with E-state index >= 15 is 0 Å². The maximum absolute atomic E-state index is 8.62. The molecule has 0 atom stereocenters. The maximum atomic E-state index is 8.62. The van der Waals surface area contributed by atoms with Crippen molar-refractivity contribution in [3.05, 3.63) is 71.8 Å². The van der Waals surface area contributed by atoms with E-state index in [4.69, 9.17) is 19.9 Å². The smallest absolute Gasteiger partial charge is 0.119 e. The summed E-state index contributed by atoms with van der Waals surface area (Å²) in [6, 6.07) is 15.0. The van der Waals surface area contributed by atoms with E-state index in [9.17, 15) is 0 Å². The normalized spacial score (nSPS) is 10.9. The summed E-state index contributed by atoms with van der Waals surface area (Å²) in [7, 11) is 0. The number of hydroxylamine groups is 2. The first-order valence-corrected chi connectivity index (χ1v) is 7.64. The zero-order valence-corrected chi connectivity index (χ0v) is 13.3. The predicted molar refractivity (Wildman–Crippen MR) is 90.3 cm³/mol. The van der Waals surface area contributed by atoms with E-state index in [-0.39, 0.29) is 0 Å². The second-order valence-corrected chi connectivity index (χ2v) is 5.05. The van der Waals surface area contributed by atoms with Crippen LogP contribution in [0.3, 0.4) is 0 Å². The highest BCUT2D eigenvalue weighted by molar-refractivity contribution is 5.28. The van der Waals surface area contributed by atoms with Crippen LogP contribution in [0, 0.1) is 0 Å². The molecule has 0 fully saturated rings. The minimum atomic E-state index is 0.412. The van der Waals surface area contributed by atoms with Crippen LogP contribution in [-0.4, -0.2) is 23.6 Å². The van der Waals surface area contributed by atoms with E-state index in [2.05, 4.69) is 11.0 Å². The van der Waals surface area contributed by atoms with E-state index in [0.717, 1.165) is 22.6 Å². The highest BCUT2D eigenvalue weighted by atomic mass is 16.5. The van der Waals surface area contributed by atoms with Crippen molar-refractivity contribution in [1.29, 1.82) is 0 Å². The highest BCUT2D eigenvalue weighted by Crippen LogP contribution is 2.13. The fraction of sp³-hybridized carbons (Fsp3) is 0.222. The van der Waals surface area contributed by atoms with Crippen LogP contribution >= 0.6 is 0 Å². The maximum Gasteiger partial charge on any atom is 0.119 e. The molecule has 0 aromatic heterocycles. The van der Waals surface area contributed by atoms with E-state index < -0.39 is 0 Å². The molecule has 0 radical (unpaired) electrons. The monoisotopic (exact) mass is 330 g/mol. The molecule has 128 valence electrons. The molecule has 2 aromatic rings. The van der Waals surface area contributed by atoms with Gasteiger partial charge < -0.3 is 19.9 Å². The number of hydrogen-bond acceptors (Lipinski definition) is 6. The summed E-state index contributed by atoms with van der Waals surface area (Å²) in [6.45, 7) is 1.74. The van der Waals surface area contributed by atoms with Gasteiger partial charge in [0.15, 0.2) is 0 Å². The molecule has 0 aliphatic heterocycles. The molecule has 6 heteroatoms. The topological polar surface area (TPSA) is 83.0 Å². The molecule has 0 saturated heterocycles. The average molecular weight is 330 g/mol. The fourth-order valence-electron chi connectivity index (χ4n) is 2.01. The zero-order valence-electron chi connectivity index (χ0n) is 13.3. The van der Waals surface area contributed by atoms with Crippen LogP contribution < -0.4 is 20.4 Å². The van der Waals surface area contributed by atoms with Crippen LogP contribution in [-0.2, 0) is 13.1 Å². The van der Waals surface area contributed by atoms with Crippen molar-refractivity contribution in [2.24, 2.45) is 0 Å². The largest absolute Gasteiger partial charge is 0.490 e. The van der Waals surface area contributed by atoms with Crippen LogP contribution in [0.4, 0.5) is 0 Å². The lowest BCUT2D eigenvalue weighted by Gasteiger charge is -2.06. The first-order valence-electron chi connectivity index (χ1n) is 7.64. The van der Waals surface area contributed by atoms with Gasteiger partial charge >= 0.3 is 0 Å². The van der Waals surface area contributed by atoms with Crippen molar-refractivity contribution in [3.8, 4) is 11.5 Å². The molecule has 0 bridgehead atoms. The van der Waals surface area contributed by atoms with Gasteiger partial charge in [-0.2, -0.15) is 0 Å². The number of ether oxygens (including phenoxy) is 2. The van der Waals surface area contributed by atoms with Crippen molar-refractivity contribution in [2.75, 3.05) is 13.2 Å². The Hall–Kier alpha value is -2.38. The molecular weight excluding hydrogens is 308 g/mol. The van der Waals surface area contributed by atoms with Crippen LogP contribution in [0.2, 0.25) is 0 Å². The summed E-state index contributed by atoms with van der Waals surface area (Å²) in [6.07, 6.45) is 3.79. The predicted octanol–water partition coefficient (Wildman–Crippen LogP) is 2.66. The van der Waals surface area contributed by atoms with Crippen molar-refractivity contribution in [2.45, 2.75) is 13.1 Å². The van der Waals surface area contributed by atoms with Gasteiger partial charge in [-0.25, -0.2) is 11.0 Å². The van der Waals surface area contributed by atoms with Crippen LogP contribution in [0.5, 0.6) is 11.5 Å². The van der Waals surface area contributed by atoms with Gasteiger partial charge in [0.1, 0.15) is 24.7 Å². The standard InChI is InChI=1S/C18H22N2O4/c21-19-13-15-3-7-17(8-4-15)23-11-1-2-12-24-18-9-5-16(6-10-18)14-20-22/h1-10,19-22H,11-14H2/b2-1-. The third-order valence-electron chi connectivity index (χ3n) is 3.27. The van der Waals surface area contributed by atoms with E-state index in [1.54, 1.807) is 0 Å². The summed E-state index contributed by atoms with van der Waals surface area (Å²) in [5.41, 5.74) is 6.19. The third kappa shape index (κ3) is 6.39. The number of rotatable bonds is 10. The van der Waals surface area contributed by atoms with Crippen molar-refractivity contribution >= 4 is 0 Å². The van der Waals surface area contributed by atoms with Gasteiger partial charge in [0.25, 0.3) is 0 Å². The Morgan fingerprint density at radius 3 is 1.38 bits per heavy atom. The first kappa shape index (κ1) is 18.0. The number of hydrogen-bond donors (Lipinski definition) is 4. The number of benzene rings is 2. The van der Waals surface area contributed by atoms with Gasteiger partial charge in [-0.15, -0.1) is 0 Å². The molecule has 0 aliphatic carbocycles. The Bertz CT molecular complexity index is 556.